The second kappa shape index (κ2) is 2.23. The van der Waals surface area contributed by atoms with Crippen molar-refractivity contribution in [3.05, 3.63) is 29.8 Å². The Labute approximate surface area is 51.6 Å². The standard InChI is InChI=1S/C6H2FN2/c7-5-2-1-3-9-6(5)4-8/h1-2H. The van der Waals surface area contributed by atoms with Crippen LogP contribution in [-0.2, 0) is 0 Å². The molecule has 1 rings (SSSR count). The van der Waals surface area contributed by atoms with E-state index in [0.29, 0.717) is 0 Å². The number of rotatable bonds is 0. The van der Waals surface area contributed by atoms with Gasteiger partial charge in [0.1, 0.15) is 6.07 Å². The third kappa shape index (κ3) is 1.03. The molecular weight excluding hydrogens is 119 g/mol. The molecule has 0 bridgehead atoms. The summed E-state index contributed by atoms with van der Waals surface area (Å²) in [7, 11) is 0. The van der Waals surface area contributed by atoms with Crippen LogP contribution in [0.2, 0.25) is 0 Å². The topological polar surface area (TPSA) is 36.7 Å². The largest absolute Gasteiger partial charge is 0.232 e. The highest BCUT2D eigenvalue weighted by molar-refractivity contribution is 5.20. The van der Waals surface area contributed by atoms with Crippen LogP contribution in [0.4, 0.5) is 4.39 Å². The molecular formula is C6H2FN2. The summed E-state index contributed by atoms with van der Waals surface area (Å²) in [6.45, 7) is 0. The SMILES string of the molecule is N#Cc1n[c]ccc1F. The molecule has 0 unspecified atom stereocenters. The Bertz CT molecular complexity index is 251. The molecule has 1 radical (unpaired) electrons. The van der Waals surface area contributed by atoms with Gasteiger partial charge in [0.15, 0.2) is 11.5 Å². The highest BCUT2D eigenvalue weighted by Gasteiger charge is 1.97. The molecule has 9 heavy (non-hydrogen) atoms. The Morgan fingerprint density at radius 2 is 2.56 bits per heavy atom. The van der Waals surface area contributed by atoms with Crippen molar-refractivity contribution < 1.29 is 4.39 Å². The fraction of sp³-hybridized carbons (Fsp3) is 0. The van der Waals surface area contributed by atoms with Crippen molar-refractivity contribution in [3.63, 3.8) is 0 Å². The van der Waals surface area contributed by atoms with Crippen LogP contribution in [0.1, 0.15) is 5.69 Å². The first-order valence-electron chi connectivity index (χ1n) is 2.27. The predicted molar refractivity (Wildman–Crippen MR) is 27.7 cm³/mol. The first kappa shape index (κ1) is 5.70. The predicted octanol–water partition coefficient (Wildman–Crippen LogP) is 0.893. The van der Waals surface area contributed by atoms with Crippen molar-refractivity contribution in [1.29, 1.82) is 5.26 Å². The zero-order chi connectivity index (χ0) is 6.69. The summed E-state index contributed by atoms with van der Waals surface area (Å²) in [5.41, 5.74) is -0.211. The summed E-state index contributed by atoms with van der Waals surface area (Å²) in [4.78, 5) is 3.34. The molecule has 0 aliphatic rings. The van der Waals surface area contributed by atoms with Gasteiger partial charge < -0.3 is 0 Å². The summed E-state index contributed by atoms with van der Waals surface area (Å²) in [5.74, 6) is -0.601. The molecule has 0 saturated carbocycles. The van der Waals surface area contributed by atoms with E-state index in [1.54, 1.807) is 6.07 Å². The second-order valence-electron chi connectivity index (χ2n) is 1.38. The molecule has 2 nitrogen and oxygen atoms in total. The van der Waals surface area contributed by atoms with E-state index < -0.39 is 5.82 Å². The first-order valence-corrected chi connectivity index (χ1v) is 2.27. The number of nitriles is 1. The monoisotopic (exact) mass is 121 g/mol. The van der Waals surface area contributed by atoms with Crippen LogP contribution < -0.4 is 0 Å². The van der Waals surface area contributed by atoms with E-state index in [-0.39, 0.29) is 5.69 Å². The van der Waals surface area contributed by atoms with Gasteiger partial charge in [-0.2, -0.15) is 5.26 Å². The fourth-order valence-electron chi connectivity index (χ4n) is 0.423. The van der Waals surface area contributed by atoms with Crippen LogP contribution >= 0.6 is 0 Å². The van der Waals surface area contributed by atoms with Crippen molar-refractivity contribution in [2.75, 3.05) is 0 Å². The molecule has 0 aliphatic carbocycles. The normalized spacial score (nSPS) is 8.44. The van der Waals surface area contributed by atoms with E-state index in [1.807, 2.05) is 0 Å². The number of nitrogens with zero attached hydrogens (tertiary/aromatic N) is 2. The molecule has 1 aromatic heterocycles. The van der Waals surface area contributed by atoms with E-state index in [4.69, 9.17) is 5.26 Å². The highest BCUT2D eigenvalue weighted by atomic mass is 19.1. The maximum Gasteiger partial charge on any atom is 0.176 e. The lowest BCUT2D eigenvalue weighted by Crippen LogP contribution is -1.85. The lowest BCUT2D eigenvalue weighted by atomic mass is 10.4. The molecule has 0 atom stereocenters. The summed E-state index contributed by atoms with van der Waals surface area (Å²) >= 11 is 0. The summed E-state index contributed by atoms with van der Waals surface area (Å²) in [5, 5.41) is 8.15. The molecule has 0 amide bonds. The minimum Gasteiger partial charge on any atom is -0.232 e. The average Bonchev–Trinajstić information content (AvgIpc) is 1.89. The van der Waals surface area contributed by atoms with Crippen LogP contribution in [-0.4, -0.2) is 4.98 Å². The molecule has 0 saturated heterocycles. The van der Waals surface area contributed by atoms with Gasteiger partial charge in [-0.25, -0.2) is 9.37 Å². The van der Waals surface area contributed by atoms with Gasteiger partial charge >= 0.3 is 0 Å². The number of pyridine rings is 1. The van der Waals surface area contributed by atoms with Gasteiger partial charge in [0, 0.05) is 0 Å². The molecule has 0 fully saturated rings. The summed E-state index contributed by atoms with van der Waals surface area (Å²) in [6.07, 6.45) is 2.34. The molecule has 1 aromatic rings. The molecule has 0 aliphatic heterocycles. The van der Waals surface area contributed by atoms with E-state index in [1.165, 1.54) is 6.07 Å². The Balaban J connectivity index is 3.20. The van der Waals surface area contributed by atoms with Crippen molar-refractivity contribution in [1.82, 2.24) is 4.98 Å². The quantitative estimate of drug-likeness (QED) is 0.511. The molecule has 1 heterocycles. The third-order valence-corrected chi connectivity index (χ3v) is 0.813. The number of aromatic nitrogens is 1. The Morgan fingerprint density at radius 1 is 1.78 bits per heavy atom. The van der Waals surface area contributed by atoms with Gasteiger partial charge in [0.2, 0.25) is 0 Å². The van der Waals surface area contributed by atoms with Crippen molar-refractivity contribution in [2.24, 2.45) is 0 Å². The first-order chi connectivity index (χ1) is 4.34. The molecule has 43 valence electrons. The smallest absolute Gasteiger partial charge is 0.176 e. The van der Waals surface area contributed by atoms with Gasteiger partial charge in [-0.05, 0) is 12.1 Å². The molecule has 0 aromatic carbocycles. The lowest BCUT2D eigenvalue weighted by Gasteiger charge is -1.85. The van der Waals surface area contributed by atoms with Gasteiger partial charge in [-0.1, -0.05) is 0 Å². The second-order valence-corrected chi connectivity index (χ2v) is 1.38. The van der Waals surface area contributed by atoms with E-state index in [9.17, 15) is 4.39 Å². The Hall–Kier alpha value is -1.43. The van der Waals surface area contributed by atoms with Crippen LogP contribution in [0.5, 0.6) is 0 Å². The van der Waals surface area contributed by atoms with E-state index in [0.717, 1.165) is 6.07 Å². The maximum atomic E-state index is 12.3. The minimum atomic E-state index is -0.601. The van der Waals surface area contributed by atoms with Crippen LogP contribution in [0.15, 0.2) is 12.1 Å². The maximum absolute atomic E-state index is 12.3. The Morgan fingerprint density at radius 3 is 3.00 bits per heavy atom. The van der Waals surface area contributed by atoms with Crippen molar-refractivity contribution in [2.45, 2.75) is 0 Å². The van der Waals surface area contributed by atoms with Gasteiger partial charge in [0.05, 0.1) is 6.20 Å². The Kier molecular flexibility index (Phi) is 1.41. The van der Waals surface area contributed by atoms with Crippen LogP contribution in [0.3, 0.4) is 0 Å². The number of halogens is 1. The van der Waals surface area contributed by atoms with Crippen molar-refractivity contribution >= 4 is 0 Å². The van der Waals surface area contributed by atoms with Gasteiger partial charge in [-0.15, -0.1) is 0 Å². The highest BCUT2D eigenvalue weighted by Crippen LogP contribution is 1.98. The summed E-state index contributed by atoms with van der Waals surface area (Å²) < 4.78 is 12.3. The minimum absolute atomic E-state index is 0.211. The van der Waals surface area contributed by atoms with E-state index in [2.05, 4.69) is 11.2 Å². The fourth-order valence-corrected chi connectivity index (χ4v) is 0.423. The summed E-state index contributed by atoms with van der Waals surface area (Å²) in [6, 6.07) is 4.04. The average molecular weight is 121 g/mol. The molecule has 3 heteroatoms. The third-order valence-electron chi connectivity index (χ3n) is 0.813. The molecule has 0 N–H and O–H groups in total. The lowest BCUT2D eigenvalue weighted by molar-refractivity contribution is 0.616. The number of hydrogen-bond donors (Lipinski definition) is 0. The van der Waals surface area contributed by atoms with E-state index >= 15 is 0 Å². The zero-order valence-corrected chi connectivity index (χ0v) is 4.43. The van der Waals surface area contributed by atoms with Crippen molar-refractivity contribution in [3.8, 4) is 6.07 Å². The van der Waals surface area contributed by atoms with Crippen LogP contribution in [0.25, 0.3) is 0 Å². The molecule has 0 spiro atoms. The van der Waals surface area contributed by atoms with Gasteiger partial charge in [-0.3, -0.25) is 0 Å². The van der Waals surface area contributed by atoms with Crippen LogP contribution in [0, 0.1) is 23.3 Å². The van der Waals surface area contributed by atoms with Gasteiger partial charge in [0.25, 0.3) is 0 Å². The number of hydrogen-bond acceptors (Lipinski definition) is 2. The zero-order valence-electron chi connectivity index (χ0n) is 4.43.